The van der Waals surface area contributed by atoms with Gasteiger partial charge in [0.15, 0.2) is 5.16 Å². The fraction of sp³-hybridized carbons (Fsp3) is 0.235. The first-order valence-electron chi connectivity index (χ1n) is 7.54. The van der Waals surface area contributed by atoms with Crippen LogP contribution in [0.25, 0.3) is 5.52 Å². The number of aromatic nitrogens is 2. The first kappa shape index (κ1) is 17.5. The highest BCUT2D eigenvalue weighted by Crippen LogP contribution is 2.33. The van der Waals surface area contributed by atoms with Crippen LogP contribution in [0.4, 0.5) is 5.00 Å². The van der Waals surface area contributed by atoms with Crippen molar-refractivity contribution < 1.29 is 14.3 Å². The first-order valence-corrected chi connectivity index (χ1v) is 9.34. The number of esters is 1. The Bertz CT molecular complexity index is 946. The lowest BCUT2D eigenvalue weighted by molar-refractivity contribution is -0.113. The molecule has 0 aliphatic rings. The molecule has 130 valence electrons. The molecule has 0 aliphatic carbocycles. The molecule has 25 heavy (non-hydrogen) atoms. The molecular weight excluding hydrogens is 358 g/mol. The SMILES string of the molecule is COC(=O)c1c(NC(=O)CSc2ncc3ccccn23)sc(C)c1C. The maximum absolute atomic E-state index is 12.3. The van der Waals surface area contributed by atoms with E-state index in [4.69, 9.17) is 4.74 Å². The van der Waals surface area contributed by atoms with E-state index in [2.05, 4.69) is 10.3 Å². The van der Waals surface area contributed by atoms with Crippen molar-refractivity contribution in [3.8, 4) is 0 Å². The fourth-order valence-corrected chi connectivity index (χ4v) is 4.21. The van der Waals surface area contributed by atoms with E-state index < -0.39 is 5.97 Å². The first-order chi connectivity index (χ1) is 12.0. The number of hydrogen-bond acceptors (Lipinski definition) is 6. The summed E-state index contributed by atoms with van der Waals surface area (Å²) in [4.78, 5) is 29.6. The van der Waals surface area contributed by atoms with Crippen LogP contribution in [0.5, 0.6) is 0 Å². The molecule has 8 heteroatoms. The average Bonchev–Trinajstić information content (AvgIpc) is 3.14. The number of imidazole rings is 1. The van der Waals surface area contributed by atoms with Gasteiger partial charge in [-0.25, -0.2) is 9.78 Å². The van der Waals surface area contributed by atoms with E-state index in [1.165, 1.54) is 30.2 Å². The largest absolute Gasteiger partial charge is 0.465 e. The smallest absolute Gasteiger partial charge is 0.341 e. The number of thioether (sulfide) groups is 1. The Kier molecular flexibility index (Phi) is 5.10. The highest BCUT2D eigenvalue weighted by atomic mass is 32.2. The maximum atomic E-state index is 12.3. The van der Waals surface area contributed by atoms with Crippen LogP contribution in [0, 0.1) is 13.8 Å². The van der Waals surface area contributed by atoms with Crippen LogP contribution in [0.3, 0.4) is 0 Å². The summed E-state index contributed by atoms with van der Waals surface area (Å²) in [6.07, 6.45) is 3.67. The summed E-state index contributed by atoms with van der Waals surface area (Å²) in [6.45, 7) is 3.76. The minimum atomic E-state index is -0.441. The number of hydrogen-bond donors (Lipinski definition) is 1. The van der Waals surface area contributed by atoms with Gasteiger partial charge in [-0.05, 0) is 31.5 Å². The van der Waals surface area contributed by atoms with E-state index >= 15 is 0 Å². The third kappa shape index (κ3) is 3.54. The van der Waals surface area contributed by atoms with Crippen molar-refractivity contribution in [2.24, 2.45) is 0 Å². The molecule has 1 amide bonds. The van der Waals surface area contributed by atoms with Crippen LogP contribution < -0.4 is 5.32 Å². The van der Waals surface area contributed by atoms with Crippen LogP contribution in [0.2, 0.25) is 0 Å². The fourth-order valence-electron chi connectivity index (χ4n) is 2.38. The number of fused-ring (bicyclic) bond motifs is 1. The van der Waals surface area contributed by atoms with E-state index in [0.717, 1.165) is 21.1 Å². The van der Waals surface area contributed by atoms with Gasteiger partial charge in [-0.15, -0.1) is 11.3 Å². The molecule has 0 unspecified atom stereocenters. The van der Waals surface area contributed by atoms with Crippen molar-refractivity contribution in [3.63, 3.8) is 0 Å². The highest BCUT2D eigenvalue weighted by molar-refractivity contribution is 7.99. The van der Waals surface area contributed by atoms with Crippen LogP contribution in [-0.4, -0.2) is 34.1 Å². The van der Waals surface area contributed by atoms with E-state index in [1.807, 2.05) is 42.6 Å². The number of carbonyl (C=O) groups is 2. The summed E-state index contributed by atoms with van der Waals surface area (Å²) in [5, 5.41) is 4.09. The van der Waals surface area contributed by atoms with Crippen LogP contribution >= 0.6 is 23.1 Å². The standard InChI is InChI=1S/C17H17N3O3S2/c1-10-11(2)25-15(14(10)16(22)23-3)19-13(21)9-24-17-18-8-12-6-4-5-7-20(12)17/h4-8H,9H2,1-3H3,(H,19,21). The lowest BCUT2D eigenvalue weighted by Crippen LogP contribution is -2.16. The average molecular weight is 375 g/mol. The third-order valence-electron chi connectivity index (χ3n) is 3.76. The number of carbonyl (C=O) groups excluding carboxylic acids is 2. The van der Waals surface area contributed by atoms with E-state index in [0.29, 0.717) is 10.6 Å². The molecule has 1 N–H and O–H groups in total. The van der Waals surface area contributed by atoms with Crippen molar-refractivity contribution in [1.82, 2.24) is 9.38 Å². The number of ether oxygens (including phenoxy) is 1. The number of amides is 1. The molecule has 3 heterocycles. The number of nitrogens with zero attached hydrogens (tertiary/aromatic N) is 2. The molecule has 0 aromatic carbocycles. The highest BCUT2D eigenvalue weighted by Gasteiger charge is 2.21. The molecule has 0 bridgehead atoms. The molecular formula is C17H17N3O3S2. The Morgan fingerprint density at radius 3 is 2.92 bits per heavy atom. The van der Waals surface area contributed by atoms with Gasteiger partial charge < -0.3 is 10.1 Å². The second-order valence-electron chi connectivity index (χ2n) is 5.35. The molecule has 0 saturated carbocycles. The number of rotatable bonds is 5. The Hall–Kier alpha value is -2.32. The molecule has 0 aliphatic heterocycles. The quantitative estimate of drug-likeness (QED) is 0.546. The van der Waals surface area contributed by atoms with Gasteiger partial charge >= 0.3 is 5.97 Å². The van der Waals surface area contributed by atoms with Crippen LogP contribution in [0.1, 0.15) is 20.8 Å². The lowest BCUT2D eigenvalue weighted by Gasteiger charge is -2.06. The number of anilines is 1. The van der Waals surface area contributed by atoms with Crippen molar-refractivity contribution >= 4 is 45.5 Å². The van der Waals surface area contributed by atoms with Gasteiger partial charge in [-0.1, -0.05) is 17.8 Å². The van der Waals surface area contributed by atoms with Crippen molar-refractivity contribution in [1.29, 1.82) is 0 Å². The zero-order valence-electron chi connectivity index (χ0n) is 14.0. The minimum absolute atomic E-state index is 0.191. The normalized spacial score (nSPS) is 10.8. The Labute approximate surface area is 153 Å². The van der Waals surface area contributed by atoms with Gasteiger partial charge in [-0.2, -0.15) is 0 Å². The van der Waals surface area contributed by atoms with Crippen LogP contribution in [0.15, 0.2) is 35.7 Å². The summed E-state index contributed by atoms with van der Waals surface area (Å²) in [6, 6.07) is 5.81. The van der Waals surface area contributed by atoms with Crippen LogP contribution in [-0.2, 0) is 9.53 Å². The minimum Gasteiger partial charge on any atom is -0.465 e. The zero-order chi connectivity index (χ0) is 18.0. The Morgan fingerprint density at radius 1 is 1.36 bits per heavy atom. The van der Waals surface area contributed by atoms with Crippen molar-refractivity contribution in [2.75, 3.05) is 18.2 Å². The lowest BCUT2D eigenvalue weighted by atomic mass is 10.1. The van der Waals surface area contributed by atoms with E-state index in [-0.39, 0.29) is 11.7 Å². The van der Waals surface area contributed by atoms with Crippen molar-refractivity contribution in [2.45, 2.75) is 19.0 Å². The van der Waals surface area contributed by atoms with E-state index in [1.54, 1.807) is 6.20 Å². The molecule has 0 saturated heterocycles. The topological polar surface area (TPSA) is 72.7 Å². The summed E-state index contributed by atoms with van der Waals surface area (Å²) in [5.41, 5.74) is 2.23. The maximum Gasteiger partial charge on any atom is 0.341 e. The molecule has 0 radical (unpaired) electrons. The summed E-state index contributed by atoms with van der Waals surface area (Å²) >= 11 is 2.72. The molecule has 6 nitrogen and oxygen atoms in total. The monoisotopic (exact) mass is 375 g/mol. The Morgan fingerprint density at radius 2 is 2.16 bits per heavy atom. The number of methoxy groups -OCH3 is 1. The van der Waals surface area contributed by atoms with Gasteiger partial charge in [0.25, 0.3) is 0 Å². The van der Waals surface area contributed by atoms with Gasteiger partial charge in [-0.3, -0.25) is 9.20 Å². The van der Waals surface area contributed by atoms with Gasteiger partial charge in [0.2, 0.25) is 5.91 Å². The van der Waals surface area contributed by atoms with Gasteiger partial charge in [0.1, 0.15) is 5.00 Å². The number of thiophene rings is 1. The van der Waals surface area contributed by atoms with Gasteiger partial charge in [0, 0.05) is 11.1 Å². The third-order valence-corrected chi connectivity index (χ3v) is 5.85. The molecule has 0 fully saturated rings. The predicted octanol–water partition coefficient (Wildman–Crippen LogP) is 3.53. The molecule has 3 rings (SSSR count). The molecule has 3 aromatic rings. The summed E-state index contributed by atoms with van der Waals surface area (Å²) in [7, 11) is 1.33. The zero-order valence-corrected chi connectivity index (χ0v) is 15.7. The second-order valence-corrected chi connectivity index (χ2v) is 7.52. The molecule has 0 atom stereocenters. The number of pyridine rings is 1. The summed E-state index contributed by atoms with van der Waals surface area (Å²) in [5.74, 6) is -0.432. The number of nitrogens with one attached hydrogen (secondary N) is 1. The summed E-state index contributed by atoms with van der Waals surface area (Å²) < 4.78 is 6.75. The second kappa shape index (κ2) is 7.28. The predicted molar refractivity (Wildman–Crippen MR) is 99.7 cm³/mol. The van der Waals surface area contributed by atoms with Gasteiger partial charge in [0.05, 0.1) is 30.1 Å². The van der Waals surface area contributed by atoms with Crippen molar-refractivity contribution in [3.05, 3.63) is 46.6 Å². The Balaban J connectivity index is 1.71. The van der Waals surface area contributed by atoms with E-state index in [9.17, 15) is 9.59 Å². The number of aryl methyl sites for hydroxylation is 1. The molecule has 0 spiro atoms. The molecule has 3 aromatic heterocycles.